The van der Waals surface area contributed by atoms with Crippen molar-refractivity contribution in [3.63, 3.8) is 0 Å². The van der Waals surface area contributed by atoms with E-state index < -0.39 is 16.0 Å². The number of hydrogen-bond donors (Lipinski definition) is 0. The zero-order valence-electron chi connectivity index (χ0n) is 16.1. The van der Waals surface area contributed by atoms with Crippen LogP contribution < -0.4 is 4.74 Å². The number of nitrogens with zero attached hydrogens (tertiary/aromatic N) is 3. The molecule has 1 fully saturated rings. The Kier molecular flexibility index (Phi) is 5.01. The van der Waals surface area contributed by atoms with Crippen molar-refractivity contribution in [2.24, 2.45) is 0 Å². The number of benzene rings is 2. The van der Waals surface area contributed by atoms with Crippen LogP contribution in [0.3, 0.4) is 0 Å². The zero-order chi connectivity index (χ0) is 20.6. The van der Waals surface area contributed by atoms with Gasteiger partial charge in [-0.05, 0) is 36.8 Å². The van der Waals surface area contributed by atoms with Gasteiger partial charge in [0.2, 0.25) is 10.0 Å². The smallest absolute Gasteiger partial charge is 0.337 e. The van der Waals surface area contributed by atoms with Crippen LogP contribution in [0.2, 0.25) is 0 Å². The topological polar surface area (TPSA) is 90.7 Å². The molecule has 1 aliphatic heterocycles. The highest BCUT2D eigenvalue weighted by Gasteiger charge is 2.36. The predicted molar refractivity (Wildman–Crippen MR) is 106 cm³/mol. The van der Waals surface area contributed by atoms with Crippen LogP contribution in [0.1, 0.15) is 22.8 Å². The van der Waals surface area contributed by atoms with E-state index in [2.05, 4.69) is 4.98 Å². The second-order valence-corrected chi connectivity index (χ2v) is 8.71. The van der Waals surface area contributed by atoms with Gasteiger partial charge in [-0.25, -0.2) is 18.2 Å². The van der Waals surface area contributed by atoms with Crippen LogP contribution in [0.5, 0.6) is 5.75 Å². The van der Waals surface area contributed by atoms with E-state index in [1.54, 1.807) is 6.33 Å². The van der Waals surface area contributed by atoms with Gasteiger partial charge >= 0.3 is 5.97 Å². The fraction of sp³-hybridized carbons (Fsp3) is 0.300. The van der Waals surface area contributed by atoms with Gasteiger partial charge < -0.3 is 14.0 Å². The second-order valence-electron chi connectivity index (χ2n) is 6.80. The number of sulfonamides is 1. The lowest BCUT2D eigenvalue weighted by Gasteiger charge is -2.19. The molecule has 1 aliphatic rings. The largest absolute Gasteiger partial charge is 0.495 e. The van der Waals surface area contributed by atoms with Crippen molar-refractivity contribution < 1.29 is 22.7 Å². The molecule has 0 aliphatic carbocycles. The molecule has 0 radical (unpaired) electrons. The van der Waals surface area contributed by atoms with Crippen molar-refractivity contribution in [3.8, 4) is 5.75 Å². The maximum atomic E-state index is 13.3. The predicted octanol–water partition coefficient (Wildman–Crippen LogP) is 2.47. The molecule has 0 amide bonds. The average Bonchev–Trinajstić information content (AvgIpc) is 3.40. The number of rotatable bonds is 5. The van der Waals surface area contributed by atoms with Gasteiger partial charge in [-0.15, -0.1) is 0 Å². The quantitative estimate of drug-likeness (QED) is 0.595. The number of methoxy groups -OCH3 is 2. The third-order valence-corrected chi connectivity index (χ3v) is 7.09. The molecule has 2 heterocycles. The monoisotopic (exact) mass is 415 g/mol. The summed E-state index contributed by atoms with van der Waals surface area (Å²) in [7, 11) is -1.21. The van der Waals surface area contributed by atoms with Gasteiger partial charge in [-0.2, -0.15) is 4.31 Å². The average molecular weight is 415 g/mol. The van der Waals surface area contributed by atoms with E-state index in [4.69, 9.17) is 9.47 Å². The number of aromatic nitrogens is 2. The number of esters is 1. The van der Waals surface area contributed by atoms with E-state index in [0.717, 1.165) is 11.0 Å². The molecule has 29 heavy (non-hydrogen) atoms. The molecule has 0 N–H and O–H groups in total. The van der Waals surface area contributed by atoms with Gasteiger partial charge in [-0.3, -0.25) is 0 Å². The SMILES string of the molecule is COC(=O)c1ccc(OC)c(S(=O)(=O)N2CCC(n3cnc4ccccc43)C2)c1. The summed E-state index contributed by atoms with van der Waals surface area (Å²) in [6.45, 7) is 0.680. The molecule has 4 rings (SSSR count). The molecule has 0 spiro atoms. The van der Waals surface area contributed by atoms with Crippen LogP contribution in [-0.2, 0) is 14.8 Å². The summed E-state index contributed by atoms with van der Waals surface area (Å²) in [6.07, 6.45) is 2.42. The summed E-state index contributed by atoms with van der Waals surface area (Å²) in [5.41, 5.74) is 2.01. The number of hydrogen-bond acceptors (Lipinski definition) is 6. The first kappa shape index (κ1) is 19.4. The van der Waals surface area contributed by atoms with Crippen molar-refractivity contribution in [1.82, 2.24) is 13.9 Å². The summed E-state index contributed by atoms with van der Waals surface area (Å²) < 4.78 is 40.0. The fourth-order valence-corrected chi connectivity index (χ4v) is 5.36. The standard InChI is InChI=1S/C20H21N3O5S/c1-27-18-8-7-14(20(24)28-2)11-19(18)29(25,26)22-10-9-15(12-22)23-13-21-16-5-3-4-6-17(16)23/h3-8,11,13,15H,9-10,12H2,1-2H3. The van der Waals surface area contributed by atoms with Gasteiger partial charge in [-0.1, -0.05) is 12.1 Å². The molecule has 1 saturated heterocycles. The number of carbonyl (C=O) groups is 1. The normalized spacial score (nSPS) is 17.5. The van der Waals surface area contributed by atoms with E-state index in [9.17, 15) is 13.2 Å². The lowest BCUT2D eigenvalue weighted by molar-refractivity contribution is 0.0600. The van der Waals surface area contributed by atoms with Crippen molar-refractivity contribution in [2.45, 2.75) is 17.4 Å². The van der Waals surface area contributed by atoms with Crippen LogP contribution >= 0.6 is 0 Å². The zero-order valence-corrected chi connectivity index (χ0v) is 16.9. The van der Waals surface area contributed by atoms with Gasteiger partial charge in [0.1, 0.15) is 10.6 Å². The first-order chi connectivity index (χ1) is 14.0. The highest BCUT2D eigenvalue weighted by molar-refractivity contribution is 7.89. The van der Waals surface area contributed by atoms with Crippen LogP contribution in [0.4, 0.5) is 0 Å². The van der Waals surface area contributed by atoms with Gasteiger partial charge in [0, 0.05) is 13.1 Å². The van der Waals surface area contributed by atoms with Crippen LogP contribution in [-0.4, -0.2) is 55.6 Å². The van der Waals surface area contributed by atoms with Crippen molar-refractivity contribution in [1.29, 1.82) is 0 Å². The van der Waals surface area contributed by atoms with Crippen LogP contribution in [0, 0.1) is 0 Å². The number of ether oxygens (including phenoxy) is 2. The van der Waals surface area contributed by atoms with Gasteiger partial charge in [0.25, 0.3) is 0 Å². The lowest BCUT2D eigenvalue weighted by Crippen LogP contribution is -2.29. The van der Waals surface area contributed by atoms with E-state index >= 15 is 0 Å². The second kappa shape index (κ2) is 7.49. The molecule has 0 bridgehead atoms. The molecule has 1 atom stereocenters. The summed E-state index contributed by atoms with van der Waals surface area (Å²) >= 11 is 0. The highest BCUT2D eigenvalue weighted by Crippen LogP contribution is 2.33. The van der Waals surface area contributed by atoms with Crippen molar-refractivity contribution in [3.05, 3.63) is 54.4 Å². The lowest BCUT2D eigenvalue weighted by atomic mass is 10.2. The molecule has 1 aromatic heterocycles. The van der Waals surface area contributed by atoms with E-state index in [1.165, 1.54) is 36.7 Å². The Balaban J connectivity index is 1.66. The third-order valence-electron chi connectivity index (χ3n) is 5.20. The maximum absolute atomic E-state index is 13.3. The van der Waals surface area contributed by atoms with Gasteiger partial charge in [0.15, 0.2) is 0 Å². The Labute approximate surface area is 168 Å². The first-order valence-electron chi connectivity index (χ1n) is 9.14. The Morgan fingerprint density at radius 3 is 2.72 bits per heavy atom. The van der Waals surface area contributed by atoms with Crippen molar-refractivity contribution in [2.75, 3.05) is 27.3 Å². The summed E-state index contributed by atoms with van der Waals surface area (Å²) in [4.78, 5) is 16.2. The Morgan fingerprint density at radius 2 is 1.97 bits per heavy atom. The Morgan fingerprint density at radius 1 is 1.17 bits per heavy atom. The summed E-state index contributed by atoms with van der Waals surface area (Å²) in [5.74, 6) is -0.414. The van der Waals surface area contributed by atoms with E-state index in [1.807, 2.05) is 28.8 Å². The molecule has 8 nitrogen and oxygen atoms in total. The molecule has 1 unspecified atom stereocenters. The Hall–Kier alpha value is -2.91. The molecule has 2 aromatic carbocycles. The number of para-hydroxylation sites is 2. The number of carbonyl (C=O) groups excluding carboxylic acids is 1. The fourth-order valence-electron chi connectivity index (χ4n) is 3.69. The molecule has 152 valence electrons. The molecule has 3 aromatic rings. The number of imidazole rings is 1. The minimum absolute atomic E-state index is 0.0213. The van der Waals surface area contributed by atoms with Crippen molar-refractivity contribution >= 4 is 27.0 Å². The first-order valence-corrected chi connectivity index (χ1v) is 10.6. The highest BCUT2D eigenvalue weighted by atomic mass is 32.2. The minimum Gasteiger partial charge on any atom is -0.495 e. The molecule has 0 saturated carbocycles. The third kappa shape index (κ3) is 3.36. The van der Waals surface area contributed by atoms with Gasteiger partial charge in [0.05, 0.1) is 43.2 Å². The summed E-state index contributed by atoms with van der Waals surface area (Å²) in [6, 6.07) is 12.0. The van der Waals surface area contributed by atoms with E-state index in [-0.39, 0.29) is 22.3 Å². The van der Waals surface area contributed by atoms with E-state index in [0.29, 0.717) is 19.5 Å². The molecule has 9 heteroatoms. The molecular weight excluding hydrogens is 394 g/mol. The number of fused-ring (bicyclic) bond motifs is 1. The summed E-state index contributed by atoms with van der Waals surface area (Å²) in [5, 5.41) is 0. The minimum atomic E-state index is -3.86. The maximum Gasteiger partial charge on any atom is 0.337 e. The van der Waals surface area contributed by atoms with Crippen LogP contribution in [0.15, 0.2) is 53.7 Å². The molecular formula is C20H21N3O5S. The Bertz CT molecular complexity index is 1170. The van der Waals surface area contributed by atoms with Crippen LogP contribution in [0.25, 0.3) is 11.0 Å².